The largest absolute Gasteiger partial charge is 0.481 e. The van der Waals surface area contributed by atoms with E-state index in [2.05, 4.69) is 16.0 Å². The van der Waals surface area contributed by atoms with E-state index in [4.69, 9.17) is 34.3 Å². The van der Waals surface area contributed by atoms with Crippen molar-refractivity contribution in [3.8, 4) is 0 Å². The van der Waals surface area contributed by atoms with Gasteiger partial charge in [0.25, 0.3) is 10.1 Å². The summed E-state index contributed by atoms with van der Waals surface area (Å²) < 4.78 is 51.7. The van der Waals surface area contributed by atoms with E-state index in [0.717, 1.165) is 77.0 Å². The minimum atomic E-state index is -3.85. The number of carboxylic acids is 1. The minimum absolute atomic E-state index is 0.0231. The second kappa shape index (κ2) is 45.4. The number of carboxylic acid groups (broad SMARTS) is 1. The van der Waals surface area contributed by atoms with Gasteiger partial charge in [0, 0.05) is 57.6 Å². The van der Waals surface area contributed by atoms with E-state index in [9.17, 15) is 51.9 Å². The summed E-state index contributed by atoms with van der Waals surface area (Å²) in [5.41, 5.74) is 5.47. The quantitative estimate of drug-likeness (QED) is 0.0340. The van der Waals surface area contributed by atoms with Crippen molar-refractivity contribution in [2.24, 2.45) is 11.7 Å². The molecule has 3 atom stereocenters. The van der Waals surface area contributed by atoms with Crippen LogP contribution in [0.5, 0.6) is 0 Å². The highest BCUT2D eigenvalue weighted by molar-refractivity contribution is 8.00. The van der Waals surface area contributed by atoms with Gasteiger partial charge in [0.15, 0.2) is 11.6 Å². The van der Waals surface area contributed by atoms with Crippen LogP contribution in [0.15, 0.2) is 0 Å². The van der Waals surface area contributed by atoms with Crippen LogP contribution >= 0.6 is 11.8 Å². The summed E-state index contributed by atoms with van der Waals surface area (Å²) >= 11 is 1.26. The number of thioether (sulfide) groups is 1. The Labute approximate surface area is 425 Å². The van der Waals surface area contributed by atoms with Gasteiger partial charge in [-0.1, -0.05) is 70.6 Å². The van der Waals surface area contributed by atoms with E-state index in [1.54, 1.807) is 0 Å². The molecule has 0 heterocycles. The number of ether oxygens (including phenoxy) is 4. The van der Waals surface area contributed by atoms with E-state index in [1.165, 1.54) is 18.7 Å². The number of carbonyl (C=O) groups excluding carboxylic acids is 7. The standard InChI is InChI=1S/C48H86N4O17S2/c1-38(54)44(52-32-45(58)43(49)33-53)37-70-36-42(57)18-15-22-50-47(60)35-69-29-26-66-24-16-19-41(56)34-68-28-27-67-25-23-51-46(59)21-20-39(48(61)62)31-40(55)17-13-11-9-7-5-3-2-4-6-8-10-12-14-30-71(63,64)65/h39,43-44,52-53H,2-37,49H2,1H3,(H,50,60)(H,51,59)(H,61,62)(H,63,64,65)/t39-,43-,44-/m0/s1. The fraction of sp³-hybridized carbons (Fsp3) is 0.833. The normalized spacial score (nSPS) is 12.8. The molecule has 0 rings (SSSR count). The van der Waals surface area contributed by atoms with Gasteiger partial charge in [-0.15, -0.1) is 0 Å². The Morgan fingerprint density at radius 1 is 0.606 bits per heavy atom. The van der Waals surface area contributed by atoms with Crippen LogP contribution in [0, 0.1) is 5.92 Å². The van der Waals surface area contributed by atoms with E-state index in [-0.39, 0.29) is 138 Å². The Hall–Kier alpha value is -3.26. The molecule has 0 spiro atoms. The Morgan fingerprint density at radius 2 is 1.14 bits per heavy atom. The molecule has 0 aromatic heterocycles. The Kier molecular flexibility index (Phi) is 43.3. The van der Waals surface area contributed by atoms with E-state index in [0.29, 0.717) is 44.6 Å². The molecule has 0 fully saturated rings. The van der Waals surface area contributed by atoms with Gasteiger partial charge in [-0.2, -0.15) is 20.2 Å². The molecule has 0 saturated carbocycles. The molecule has 0 aromatic rings. The van der Waals surface area contributed by atoms with Crippen LogP contribution in [0.25, 0.3) is 0 Å². The Morgan fingerprint density at radius 3 is 1.73 bits per heavy atom. The van der Waals surface area contributed by atoms with Gasteiger partial charge in [-0.05, 0) is 39.0 Å². The van der Waals surface area contributed by atoms with Gasteiger partial charge in [-0.25, -0.2) is 0 Å². The van der Waals surface area contributed by atoms with Gasteiger partial charge in [0.2, 0.25) is 11.8 Å². The number of aliphatic carboxylic acids is 1. The van der Waals surface area contributed by atoms with E-state index in [1.807, 2.05) is 0 Å². The summed E-state index contributed by atoms with van der Waals surface area (Å²) in [5.74, 6) is -3.21. The number of unbranched alkanes of at least 4 members (excludes halogenated alkanes) is 12. The molecule has 23 heteroatoms. The van der Waals surface area contributed by atoms with Gasteiger partial charge in [0.1, 0.15) is 30.6 Å². The third-order valence-electron chi connectivity index (χ3n) is 11.1. The number of Topliss-reactive ketones (excluding diaryl/α,β-unsaturated/α-hetero) is 5. The lowest BCUT2D eigenvalue weighted by atomic mass is 9.94. The second-order valence-corrected chi connectivity index (χ2v) is 20.2. The van der Waals surface area contributed by atoms with Crippen LogP contribution in [0.4, 0.5) is 0 Å². The molecule has 21 nitrogen and oxygen atoms in total. The van der Waals surface area contributed by atoms with Gasteiger partial charge in [0.05, 0.1) is 75.7 Å². The summed E-state index contributed by atoms with van der Waals surface area (Å²) in [7, 11) is -3.85. The smallest absolute Gasteiger partial charge is 0.306 e. The first-order valence-electron chi connectivity index (χ1n) is 25.2. The molecule has 0 radical (unpaired) electrons. The lowest BCUT2D eigenvalue weighted by molar-refractivity contribution is -0.144. The average Bonchev–Trinajstić information content (AvgIpc) is 3.32. The maximum Gasteiger partial charge on any atom is 0.306 e. The van der Waals surface area contributed by atoms with Crippen molar-refractivity contribution in [3.05, 3.63) is 0 Å². The monoisotopic (exact) mass is 1050 g/mol. The lowest BCUT2D eigenvalue weighted by Gasteiger charge is -2.16. The van der Waals surface area contributed by atoms with Crippen molar-refractivity contribution in [3.63, 3.8) is 0 Å². The molecule has 71 heavy (non-hydrogen) atoms. The highest BCUT2D eigenvalue weighted by atomic mass is 32.2. The molecule has 412 valence electrons. The van der Waals surface area contributed by atoms with Crippen LogP contribution in [0.3, 0.4) is 0 Å². The predicted octanol–water partition coefficient (Wildman–Crippen LogP) is 2.94. The average molecular weight is 1060 g/mol. The van der Waals surface area contributed by atoms with E-state index < -0.39 is 46.5 Å². The maximum absolute atomic E-state index is 12.4. The maximum atomic E-state index is 12.4. The third-order valence-corrected chi connectivity index (χ3v) is 13.0. The molecule has 0 aliphatic rings. The summed E-state index contributed by atoms with van der Waals surface area (Å²) in [6.07, 6.45) is 14.5. The number of carbonyl (C=O) groups is 8. The first-order chi connectivity index (χ1) is 33.9. The van der Waals surface area contributed by atoms with Crippen molar-refractivity contribution < 1.29 is 80.5 Å². The number of hydrogen-bond acceptors (Lipinski definition) is 18. The number of aliphatic hydroxyl groups is 1. The van der Waals surface area contributed by atoms with Crippen LogP contribution in [-0.2, 0) is 67.4 Å². The van der Waals surface area contributed by atoms with Gasteiger partial charge >= 0.3 is 5.97 Å². The molecular formula is C48H86N4O17S2. The predicted molar refractivity (Wildman–Crippen MR) is 269 cm³/mol. The number of ketones is 5. The zero-order valence-electron chi connectivity index (χ0n) is 42.1. The molecule has 0 bridgehead atoms. The topological polar surface area (TPSA) is 330 Å². The molecule has 0 aromatic carbocycles. The summed E-state index contributed by atoms with van der Waals surface area (Å²) in [6, 6.07) is -1.64. The van der Waals surface area contributed by atoms with Crippen molar-refractivity contribution in [1.29, 1.82) is 0 Å². The summed E-state index contributed by atoms with van der Waals surface area (Å²) in [4.78, 5) is 96.3. The van der Waals surface area contributed by atoms with Crippen molar-refractivity contribution in [2.75, 3.05) is 96.4 Å². The fourth-order valence-corrected chi connectivity index (χ4v) is 8.48. The lowest BCUT2D eigenvalue weighted by Crippen LogP contribution is -2.46. The molecule has 0 unspecified atom stereocenters. The third kappa shape index (κ3) is 45.1. The van der Waals surface area contributed by atoms with Crippen LogP contribution < -0.4 is 21.7 Å². The van der Waals surface area contributed by atoms with Crippen molar-refractivity contribution in [2.45, 2.75) is 154 Å². The van der Waals surface area contributed by atoms with Crippen LogP contribution in [-0.4, -0.2) is 178 Å². The van der Waals surface area contributed by atoms with Crippen LogP contribution in [0.1, 0.15) is 142 Å². The first kappa shape index (κ1) is 67.7. The molecular weight excluding hydrogens is 969 g/mol. The second-order valence-electron chi connectivity index (χ2n) is 17.6. The highest BCUT2D eigenvalue weighted by Crippen LogP contribution is 2.17. The molecule has 0 aliphatic carbocycles. The molecule has 2 amide bonds. The summed E-state index contributed by atoms with van der Waals surface area (Å²) in [6.45, 7) is 2.33. The Bertz CT molecular complexity index is 1620. The number of hydrogen-bond donors (Lipinski definition) is 7. The highest BCUT2D eigenvalue weighted by Gasteiger charge is 2.22. The van der Waals surface area contributed by atoms with E-state index >= 15 is 0 Å². The number of rotatable bonds is 53. The first-order valence-corrected chi connectivity index (χ1v) is 28.0. The zero-order valence-corrected chi connectivity index (χ0v) is 43.8. The number of nitrogens with two attached hydrogens (primary N) is 1. The number of aliphatic hydroxyl groups excluding tert-OH is 1. The summed E-state index contributed by atoms with van der Waals surface area (Å²) in [5, 5.41) is 26.7. The van der Waals surface area contributed by atoms with Crippen molar-refractivity contribution >= 4 is 68.6 Å². The Balaban J connectivity index is 3.73. The SMILES string of the molecule is CC(=O)[C@H](CSCC(=O)CCCNC(=O)COCCOCCCC(=O)COCCOCCNC(=O)CC[C@@H](CC(=O)CCCCCCCCCCCCCCCS(=O)(=O)O)C(=O)O)NCC(=O)[C@@H](N)CO. The van der Waals surface area contributed by atoms with Crippen LogP contribution in [0.2, 0.25) is 0 Å². The number of nitrogens with one attached hydrogen (secondary N) is 3. The van der Waals surface area contributed by atoms with Crippen molar-refractivity contribution in [1.82, 2.24) is 16.0 Å². The molecule has 0 saturated heterocycles. The van der Waals surface area contributed by atoms with Gasteiger partial charge < -0.3 is 45.5 Å². The molecule has 8 N–H and O–H groups in total. The molecule has 0 aliphatic heterocycles. The minimum Gasteiger partial charge on any atom is -0.481 e. The fourth-order valence-electron chi connectivity index (χ4n) is 6.84. The zero-order chi connectivity index (χ0) is 53.0. The number of amides is 2. The van der Waals surface area contributed by atoms with Gasteiger partial charge in [-0.3, -0.25) is 48.2 Å².